The first kappa shape index (κ1) is 42.2. The largest absolute Gasteiger partial charge is 0.491 e. The Hall–Kier alpha value is -1.83. The zero-order chi connectivity index (χ0) is 33.0. The lowest BCUT2D eigenvalue weighted by Gasteiger charge is -2.09. The molecule has 1 aromatic carbocycles. The third-order valence-corrected chi connectivity index (χ3v) is 6.63. The van der Waals surface area contributed by atoms with Crippen molar-refractivity contribution in [3.05, 3.63) is 29.8 Å². The van der Waals surface area contributed by atoms with Gasteiger partial charge >= 0.3 is 5.97 Å². The predicted molar refractivity (Wildman–Crippen MR) is 177 cm³/mol. The van der Waals surface area contributed by atoms with Gasteiger partial charge in [-0.25, -0.2) is 0 Å². The van der Waals surface area contributed by atoms with Gasteiger partial charge in [0.05, 0.1) is 106 Å². The van der Waals surface area contributed by atoms with Crippen molar-refractivity contribution >= 4 is 5.97 Å². The van der Waals surface area contributed by atoms with Crippen molar-refractivity contribution in [3.63, 3.8) is 0 Å². The molecular weight excluding hydrogens is 596 g/mol. The van der Waals surface area contributed by atoms with E-state index in [0.29, 0.717) is 112 Å². The maximum absolute atomic E-state index is 10.6. The third kappa shape index (κ3) is 30.8. The monoisotopic (exact) mass is 658 g/mol. The number of aryl methyl sites for hydroxylation is 1. The van der Waals surface area contributed by atoms with Crippen molar-refractivity contribution in [3.8, 4) is 5.75 Å². The minimum Gasteiger partial charge on any atom is -0.491 e. The van der Waals surface area contributed by atoms with Crippen molar-refractivity contribution < 1.29 is 52.2 Å². The number of carbonyl (C=O) groups is 1. The van der Waals surface area contributed by atoms with Gasteiger partial charge in [-0.2, -0.15) is 0 Å². The van der Waals surface area contributed by atoms with E-state index in [9.17, 15) is 4.79 Å². The molecule has 0 aliphatic rings. The standard InChI is InChI=1S/C35H62O11/c1-3-4-5-6-7-8-9-10-34-11-13-35(14-12-34)46-32-30-44-28-26-42-24-22-40-20-18-38-16-15-37-17-19-39-21-23-41-25-27-43-29-31-45-33(2)36/h11-14H,3-10,15-32H2,1-2H3. The van der Waals surface area contributed by atoms with Crippen LogP contribution >= 0.6 is 0 Å². The smallest absolute Gasteiger partial charge is 0.302 e. The van der Waals surface area contributed by atoms with Crippen LogP contribution in [0.25, 0.3) is 0 Å². The number of ether oxygens (including phenoxy) is 10. The molecule has 0 spiro atoms. The second-order valence-electron chi connectivity index (χ2n) is 10.6. The number of rotatable bonds is 36. The first-order valence-corrected chi connectivity index (χ1v) is 17.2. The molecule has 0 radical (unpaired) electrons. The van der Waals surface area contributed by atoms with Gasteiger partial charge in [0.2, 0.25) is 0 Å². The van der Waals surface area contributed by atoms with Crippen LogP contribution in [0.1, 0.15) is 64.4 Å². The number of hydrogen-bond donors (Lipinski definition) is 0. The van der Waals surface area contributed by atoms with Crippen molar-refractivity contribution in [2.45, 2.75) is 65.2 Å². The molecule has 11 nitrogen and oxygen atoms in total. The minimum atomic E-state index is -0.308. The zero-order valence-electron chi connectivity index (χ0n) is 28.7. The van der Waals surface area contributed by atoms with Crippen molar-refractivity contribution in [2.24, 2.45) is 0 Å². The molecule has 268 valence electrons. The molecule has 0 aromatic heterocycles. The van der Waals surface area contributed by atoms with Crippen LogP contribution in [0.4, 0.5) is 0 Å². The van der Waals surface area contributed by atoms with Crippen molar-refractivity contribution in [1.82, 2.24) is 0 Å². The number of unbranched alkanes of at least 4 members (excludes halogenated alkanes) is 6. The lowest BCUT2D eigenvalue weighted by atomic mass is 10.0. The number of hydrogen-bond acceptors (Lipinski definition) is 11. The lowest BCUT2D eigenvalue weighted by molar-refractivity contribution is -0.142. The molecule has 46 heavy (non-hydrogen) atoms. The predicted octanol–water partition coefficient (Wildman–Crippen LogP) is 5.05. The first-order valence-electron chi connectivity index (χ1n) is 17.2. The van der Waals surface area contributed by atoms with E-state index in [1.54, 1.807) is 0 Å². The van der Waals surface area contributed by atoms with Gasteiger partial charge in [-0.3, -0.25) is 4.79 Å². The Bertz CT molecular complexity index is 763. The molecule has 0 N–H and O–H groups in total. The van der Waals surface area contributed by atoms with Gasteiger partial charge in [0, 0.05) is 6.92 Å². The Kier molecular flexibility index (Phi) is 31.6. The third-order valence-electron chi connectivity index (χ3n) is 6.63. The van der Waals surface area contributed by atoms with E-state index in [1.807, 2.05) is 0 Å². The first-order chi connectivity index (χ1) is 22.7. The molecule has 1 aromatic rings. The summed E-state index contributed by atoms with van der Waals surface area (Å²) in [5.74, 6) is 0.577. The van der Waals surface area contributed by atoms with Gasteiger partial charge in [0.15, 0.2) is 0 Å². The summed E-state index contributed by atoms with van der Waals surface area (Å²) in [5.41, 5.74) is 1.38. The Morgan fingerprint density at radius 3 is 1.20 bits per heavy atom. The van der Waals surface area contributed by atoms with E-state index in [1.165, 1.54) is 57.4 Å². The number of carbonyl (C=O) groups excluding carboxylic acids is 1. The summed E-state index contributed by atoms with van der Waals surface area (Å²) in [6, 6.07) is 8.44. The minimum absolute atomic E-state index is 0.261. The number of esters is 1. The molecule has 0 fully saturated rings. The van der Waals surface area contributed by atoms with E-state index in [0.717, 1.165) is 12.2 Å². The lowest BCUT2D eigenvalue weighted by Crippen LogP contribution is -2.15. The fourth-order valence-corrected chi connectivity index (χ4v) is 4.14. The average molecular weight is 659 g/mol. The maximum atomic E-state index is 10.6. The molecule has 1 rings (SSSR count). The topological polar surface area (TPSA) is 109 Å². The fourth-order valence-electron chi connectivity index (χ4n) is 4.14. The van der Waals surface area contributed by atoms with Gasteiger partial charge in [-0.05, 0) is 30.5 Å². The molecule has 0 saturated heterocycles. The Morgan fingerprint density at radius 2 is 0.804 bits per heavy atom. The highest BCUT2D eigenvalue weighted by molar-refractivity contribution is 5.65. The molecule has 0 bridgehead atoms. The second kappa shape index (κ2) is 34.5. The molecule has 0 amide bonds. The molecular formula is C35H62O11. The van der Waals surface area contributed by atoms with Gasteiger partial charge in [0.1, 0.15) is 19.0 Å². The molecule has 0 aliphatic carbocycles. The number of benzene rings is 1. The van der Waals surface area contributed by atoms with Crippen molar-refractivity contribution in [1.29, 1.82) is 0 Å². The summed E-state index contributed by atoms with van der Waals surface area (Å²) < 4.78 is 54.2. The van der Waals surface area contributed by atoms with Crippen LogP contribution in [0.2, 0.25) is 0 Å². The Labute approximate surface area is 277 Å². The highest BCUT2D eigenvalue weighted by Gasteiger charge is 1.99. The van der Waals surface area contributed by atoms with Crippen LogP contribution in [0.5, 0.6) is 5.75 Å². The van der Waals surface area contributed by atoms with E-state index in [2.05, 4.69) is 31.2 Å². The quantitative estimate of drug-likeness (QED) is 0.0714. The molecule has 0 unspecified atom stereocenters. The summed E-state index contributed by atoms with van der Waals surface area (Å²) in [5, 5.41) is 0. The molecule has 11 heteroatoms. The van der Waals surface area contributed by atoms with Gasteiger partial charge in [0.25, 0.3) is 0 Å². The van der Waals surface area contributed by atoms with Crippen LogP contribution in [0, 0.1) is 0 Å². The molecule has 0 saturated carbocycles. The van der Waals surface area contributed by atoms with Gasteiger partial charge in [-0.1, -0.05) is 57.6 Å². The summed E-state index contributed by atoms with van der Waals surface area (Å²) in [4.78, 5) is 10.6. The molecule has 0 heterocycles. The Morgan fingerprint density at radius 1 is 0.457 bits per heavy atom. The summed E-state index contributed by atoms with van der Waals surface area (Å²) in [6.07, 6.45) is 10.5. The van der Waals surface area contributed by atoms with Crippen LogP contribution < -0.4 is 4.74 Å². The van der Waals surface area contributed by atoms with E-state index >= 15 is 0 Å². The van der Waals surface area contributed by atoms with Crippen molar-refractivity contribution in [2.75, 3.05) is 119 Å². The summed E-state index contributed by atoms with van der Waals surface area (Å²) in [6.45, 7) is 12.3. The van der Waals surface area contributed by atoms with Crippen LogP contribution in [-0.4, -0.2) is 125 Å². The zero-order valence-corrected chi connectivity index (χ0v) is 28.7. The van der Waals surface area contributed by atoms with Gasteiger partial charge < -0.3 is 47.4 Å². The summed E-state index contributed by atoms with van der Waals surface area (Å²) >= 11 is 0. The Balaban J connectivity index is 1.72. The average Bonchev–Trinajstić information content (AvgIpc) is 3.06. The highest BCUT2D eigenvalue weighted by atomic mass is 16.6. The molecule has 0 atom stereocenters. The SMILES string of the molecule is CCCCCCCCCc1ccc(OCCOCCOCCOCCOCCOCCOCCOCCOCCOC(C)=O)cc1. The fraction of sp³-hybridized carbons (Fsp3) is 0.800. The van der Waals surface area contributed by atoms with Crippen LogP contribution in [0.15, 0.2) is 24.3 Å². The normalized spacial score (nSPS) is 11.3. The highest BCUT2D eigenvalue weighted by Crippen LogP contribution is 2.15. The van der Waals surface area contributed by atoms with E-state index in [-0.39, 0.29) is 12.6 Å². The van der Waals surface area contributed by atoms with Crippen LogP contribution in [0.3, 0.4) is 0 Å². The van der Waals surface area contributed by atoms with Crippen LogP contribution in [-0.2, 0) is 53.8 Å². The van der Waals surface area contributed by atoms with Gasteiger partial charge in [-0.15, -0.1) is 0 Å². The van der Waals surface area contributed by atoms with E-state index in [4.69, 9.17) is 47.4 Å². The molecule has 0 aliphatic heterocycles. The second-order valence-corrected chi connectivity index (χ2v) is 10.6. The van der Waals surface area contributed by atoms with E-state index < -0.39 is 0 Å². The maximum Gasteiger partial charge on any atom is 0.302 e. The summed E-state index contributed by atoms with van der Waals surface area (Å²) in [7, 11) is 0.